The summed E-state index contributed by atoms with van der Waals surface area (Å²) < 4.78 is 55.7. The molecule has 0 aliphatic carbocycles. The number of hydrogen-bond donors (Lipinski definition) is 2. The van der Waals surface area contributed by atoms with Crippen molar-refractivity contribution in [1.82, 2.24) is 9.97 Å². The van der Waals surface area contributed by atoms with Crippen molar-refractivity contribution < 1.29 is 22.7 Å². The zero-order valence-electron chi connectivity index (χ0n) is 18.8. The van der Waals surface area contributed by atoms with Crippen molar-refractivity contribution in [3.63, 3.8) is 0 Å². The topological polar surface area (TPSA) is 52.1 Å². The van der Waals surface area contributed by atoms with Crippen LogP contribution in [0.5, 0.6) is 0 Å². The van der Waals surface area contributed by atoms with Crippen LogP contribution in [0.1, 0.15) is 50.8 Å². The van der Waals surface area contributed by atoms with Crippen LogP contribution >= 0.6 is 0 Å². The fraction of sp³-hybridized carbons (Fsp3) is 0.480. The standard InChI is InChI=1S/C25H29F4N3O/c1-23(2,18-6-8-19(26)9-7-18)16-24(33,25(27,28)29)14-20-12-17-13-22(30-15-21(17)31-20)32-10-4-3-5-11-32/h6-9,12-13,15,31,33H,3-5,10-11,14,16H2,1-2H3. The second kappa shape index (κ2) is 8.63. The number of anilines is 1. The highest BCUT2D eigenvalue weighted by Gasteiger charge is 2.56. The number of alkyl halides is 3. The summed E-state index contributed by atoms with van der Waals surface area (Å²) in [4.78, 5) is 9.66. The molecule has 4 rings (SSSR count). The monoisotopic (exact) mass is 463 g/mol. The molecule has 8 heteroatoms. The van der Waals surface area contributed by atoms with E-state index in [1.54, 1.807) is 26.1 Å². The zero-order chi connectivity index (χ0) is 23.9. The van der Waals surface area contributed by atoms with Gasteiger partial charge in [-0.05, 0) is 60.9 Å². The lowest BCUT2D eigenvalue weighted by Crippen LogP contribution is -2.50. The minimum Gasteiger partial charge on any atom is -0.380 e. The van der Waals surface area contributed by atoms with E-state index in [-0.39, 0.29) is 5.69 Å². The van der Waals surface area contributed by atoms with Crippen LogP contribution in [-0.4, -0.2) is 39.9 Å². The molecule has 1 aliphatic heterocycles. The van der Waals surface area contributed by atoms with Crippen molar-refractivity contribution in [2.45, 2.75) is 63.1 Å². The summed E-state index contributed by atoms with van der Waals surface area (Å²) in [5, 5.41) is 11.7. The van der Waals surface area contributed by atoms with Gasteiger partial charge in [0.2, 0.25) is 0 Å². The highest BCUT2D eigenvalue weighted by molar-refractivity contribution is 5.82. The number of pyridine rings is 1. The molecule has 0 radical (unpaired) electrons. The number of hydrogen-bond acceptors (Lipinski definition) is 3. The van der Waals surface area contributed by atoms with Crippen LogP contribution in [0.2, 0.25) is 0 Å². The number of nitrogens with zero attached hydrogens (tertiary/aromatic N) is 2. The van der Waals surface area contributed by atoms with Gasteiger partial charge in [0, 0.05) is 30.6 Å². The van der Waals surface area contributed by atoms with Gasteiger partial charge in [-0.2, -0.15) is 13.2 Å². The van der Waals surface area contributed by atoms with E-state index >= 15 is 0 Å². The minimum absolute atomic E-state index is 0.289. The van der Waals surface area contributed by atoms with Gasteiger partial charge in [-0.3, -0.25) is 0 Å². The summed E-state index contributed by atoms with van der Waals surface area (Å²) in [5.74, 6) is 0.354. The average molecular weight is 464 g/mol. The van der Waals surface area contributed by atoms with E-state index in [4.69, 9.17) is 0 Å². The summed E-state index contributed by atoms with van der Waals surface area (Å²) in [6, 6.07) is 8.90. The Morgan fingerprint density at radius 2 is 1.70 bits per heavy atom. The largest absolute Gasteiger partial charge is 0.417 e. The van der Waals surface area contributed by atoms with Gasteiger partial charge >= 0.3 is 6.18 Å². The first-order chi connectivity index (χ1) is 15.5. The molecule has 1 saturated heterocycles. The highest BCUT2D eigenvalue weighted by Crippen LogP contribution is 2.43. The molecule has 0 spiro atoms. The molecule has 2 N–H and O–H groups in total. The number of halogens is 4. The van der Waals surface area contributed by atoms with Crippen LogP contribution < -0.4 is 4.90 Å². The first-order valence-electron chi connectivity index (χ1n) is 11.2. The van der Waals surface area contributed by atoms with Gasteiger partial charge in [0.1, 0.15) is 11.6 Å². The van der Waals surface area contributed by atoms with Crippen molar-refractivity contribution in [3.8, 4) is 0 Å². The maximum Gasteiger partial charge on any atom is 0.417 e. The van der Waals surface area contributed by atoms with Gasteiger partial charge in [-0.25, -0.2) is 9.37 Å². The number of aromatic nitrogens is 2. The van der Waals surface area contributed by atoms with Gasteiger partial charge in [0.25, 0.3) is 0 Å². The van der Waals surface area contributed by atoms with E-state index in [0.29, 0.717) is 11.1 Å². The van der Waals surface area contributed by atoms with Crippen molar-refractivity contribution in [1.29, 1.82) is 0 Å². The number of aliphatic hydroxyl groups is 1. The summed E-state index contributed by atoms with van der Waals surface area (Å²) in [5.41, 5.74) is -2.55. The Labute approximate surface area is 190 Å². The van der Waals surface area contributed by atoms with E-state index in [0.717, 1.165) is 37.1 Å². The van der Waals surface area contributed by atoms with Gasteiger partial charge in [0.05, 0.1) is 11.7 Å². The molecule has 0 saturated carbocycles. The molecule has 4 nitrogen and oxygen atoms in total. The molecular weight excluding hydrogens is 434 g/mol. The molecule has 1 aliphatic rings. The van der Waals surface area contributed by atoms with Crippen LogP contribution in [0.3, 0.4) is 0 Å². The van der Waals surface area contributed by atoms with Crippen LogP contribution in [0.4, 0.5) is 23.4 Å². The molecule has 2 aromatic heterocycles. The molecule has 0 bridgehead atoms. The maximum atomic E-state index is 14.1. The maximum absolute atomic E-state index is 14.1. The Kier molecular flexibility index (Phi) is 6.16. The fourth-order valence-electron chi connectivity index (χ4n) is 4.78. The third-order valence-corrected chi connectivity index (χ3v) is 6.60. The van der Waals surface area contributed by atoms with E-state index < -0.39 is 35.9 Å². The zero-order valence-corrected chi connectivity index (χ0v) is 18.8. The molecule has 1 aromatic carbocycles. The quantitative estimate of drug-likeness (QED) is 0.448. The predicted molar refractivity (Wildman–Crippen MR) is 121 cm³/mol. The predicted octanol–water partition coefficient (Wildman–Crippen LogP) is 5.90. The first-order valence-corrected chi connectivity index (χ1v) is 11.2. The molecule has 3 aromatic rings. The van der Waals surface area contributed by atoms with Crippen LogP contribution in [-0.2, 0) is 11.8 Å². The fourth-order valence-corrected chi connectivity index (χ4v) is 4.78. The minimum atomic E-state index is -4.85. The number of piperidine rings is 1. The normalized spacial score (nSPS) is 17.4. The van der Waals surface area contributed by atoms with Crippen LogP contribution in [0, 0.1) is 5.82 Å². The van der Waals surface area contributed by atoms with E-state index in [9.17, 15) is 22.7 Å². The molecule has 1 fully saturated rings. The second-order valence-corrected chi connectivity index (χ2v) is 9.75. The Balaban J connectivity index is 1.60. The lowest BCUT2D eigenvalue weighted by molar-refractivity contribution is -0.266. The Morgan fingerprint density at radius 3 is 2.33 bits per heavy atom. The van der Waals surface area contributed by atoms with E-state index in [1.165, 1.54) is 30.7 Å². The Hall–Kier alpha value is -2.61. The van der Waals surface area contributed by atoms with E-state index in [2.05, 4.69) is 14.9 Å². The van der Waals surface area contributed by atoms with E-state index in [1.807, 2.05) is 6.07 Å². The van der Waals surface area contributed by atoms with Crippen LogP contribution in [0.15, 0.2) is 42.6 Å². The van der Waals surface area contributed by atoms with Gasteiger partial charge < -0.3 is 15.0 Å². The van der Waals surface area contributed by atoms with Gasteiger partial charge in [-0.15, -0.1) is 0 Å². The third kappa shape index (κ3) is 5.00. The summed E-state index contributed by atoms with van der Waals surface area (Å²) in [7, 11) is 0. The lowest BCUT2D eigenvalue weighted by atomic mass is 9.73. The third-order valence-electron chi connectivity index (χ3n) is 6.60. The molecule has 0 amide bonds. The number of aromatic amines is 1. The molecule has 1 unspecified atom stereocenters. The van der Waals surface area contributed by atoms with Crippen molar-refractivity contribution in [2.75, 3.05) is 18.0 Å². The summed E-state index contributed by atoms with van der Waals surface area (Å²) in [6.45, 7) is 5.08. The number of H-pyrrole nitrogens is 1. The SMILES string of the molecule is CC(C)(CC(O)(Cc1cc2cc(N3CCCCC3)ncc2[nH]1)C(F)(F)F)c1ccc(F)cc1. The first kappa shape index (κ1) is 23.5. The van der Waals surface area contributed by atoms with Gasteiger partial charge in [0.15, 0.2) is 5.60 Å². The molecule has 33 heavy (non-hydrogen) atoms. The Morgan fingerprint density at radius 1 is 1.03 bits per heavy atom. The van der Waals surface area contributed by atoms with Crippen molar-refractivity contribution >= 4 is 16.7 Å². The van der Waals surface area contributed by atoms with Crippen molar-refractivity contribution in [2.24, 2.45) is 0 Å². The van der Waals surface area contributed by atoms with Crippen LogP contribution in [0.25, 0.3) is 10.9 Å². The lowest BCUT2D eigenvalue weighted by Gasteiger charge is -2.38. The number of rotatable bonds is 6. The number of benzene rings is 1. The smallest absolute Gasteiger partial charge is 0.380 e. The summed E-state index contributed by atoms with van der Waals surface area (Å²) in [6.07, 6.45) is -1.01. The second-order valence-electron chi connectivity index (χ2n) is 9.75. The van der Waals surface area contributed by atoms with Crippen molar-refractivity contribution in [3.05, 3.63) is 59.7 Å². The number of nitrogens with one attached hydrogen (secondary N) is 1. The highest BCUT2D eigenvalue weighted by atomic mass is 19.4. The average Bonchev–Trinajstić information content (AvgIpc) is 3.14. The Bertz CT molecular complexity index is 1100. The van der Waals surface area contributed by atoms with Gasteiger partial charge in [-0.1, -0.05) is 26.0 Å². The molecule has 1 atom stereocenters. The molecule has 3 heterocycles. The number of fused-ring (bicyclic) bond motifs is 1. The summed E-state index contributed by atoms with van der Waals surface area (Å²) >= 11 is 0. The molecular formula is C25H29F4N3O. The molecule has 178 valence electrons.